The third-order valence-electron chi connectivity index (χ3n) is 2.69. The zero-order valence-corrected chi connectivity index (χ0v) is 6.73. The van der Waals surface area contributed by atoms with Gasteiger partial charge in [0.1, 0.15) is 0 Å². The number of hydrogen-bond donors (Lipinski definition) is 2. The Bertz CT molecular complexity index is 120. The topological polar surface area (TPSA) is 32.3 Å². The lowest BCUT2D eigenvalue weighted by molar-refractivity contribution is 0.210. The molecule has 0 aromatic rings. The second-order valence-corrected chi connectivity index (χ2v) is 3.23. The molecular formula is C7H14ClNO. The molecule has 3 unspecified atom stereocenters. The first-order chi connectivity index (χ1) is 4.40. The molecule has 10 heavy (non-hydrogen) atoms. The molecular weight excluding hydrogens is 150 g/mol. The van der Waals surface area contributed by atoms with Gasteiger partial charge in [0.05, 0.1) is 6.61 Å². The second-order valence-electron chi connectivity index (χ2n) is 3.23. The quantitative estimate of drug-likeness (QED) is 0.592. The summed E-state index contributed by atoms with van der Waals surface area (Å²) in [4.78, 5) is 0. The number of halogens is 1. The number of aliphatic hydroxyl groups excluding tert-OH is 1. The van der Waals surface area contributed by atoms with Crippen LogP contribution in [0, 0.1) is 5.92 Å². The van der Waals surface area contributed by atoms with Crippen molar-refractivity contribution < 1.29 is 5.11 Å². The minimum atomic E-state index is 0. The highest BCUT2D eigenvalue weighted by molar-refractivity contribution is 5.85. The fraction of sp³-hybridized carbons (Fsp3) is 1.00. The lowest BCUT2D eigenvalue weighted by atomic mass is 10.0. The van der Waals surface area contributed by atoms with Crippen LogP contribution in [0.3, 0.4) is 0 Å². The molecule has 3 heteroatoms. The Kier molecular flexibility index (Phi) is 2.55. The Morgan fingerprint density at radius 3 is 2.50 bits per heavy atom. The van der Waals surface area contributed by atoms with E-state index < -0.39 is 0 Å². The lowest BCUT2D eigenvalue weighted by Crippen LogP contribution is -2.37. The van der Waals surface area contributed by atoms with Gasteiger partial charge in [-0.2, -0.15) is 0 Å². The van der Waals surface area contributed by atoms with Gasteiger partial charge < -0.3 is 10.4 Å². The molecule has 0 amide bonds. The molecule has 1 saturated heterocycles. The van der Waals surface area contributed by atoms with Gasteiger partial charge in [0.2, 0.25) is 0 Å². The fourth-order valence-electron chi connectivity index (χ4n) is 2.17. The normalized spacial score (nSPS) is 43.5. The molecule has 0 aromatic carbocycles. The van der Waals surface area contributed by atoms with Gasteiger partial charge in [-0.05, 0) is 25.2 Å². The van der Waals surface area contributed by atoms with E-state index in [-0.39, 0.29) is 12.4 Å². The molecule has 2 aliphatic rings. The predicted octanol–water partition coefficient (Wildman–Crippen LogP) is 0.541. The largest absolute Gasteiger partial charge is 0.395 e. The van der Waals surface area contributed by atoms with Crippen molar-refractivity contribution in [1.82, 2.24) is 5.32 Å². The molecule has 3 atom stereocenters. The maximum absolute atomic E-state index is 8.83. The predicted molar refractivity (Wildman–Crippen MR) is 42.4 cm³/mol. The summed E-state index contributed by atoms with van der Waals surface area (Å²) in [7, 11) is 0. The van der Waals surface area contributed by atoms with E-state index in [2.05, 4.69) is 5.32 Å². The van der Waals surface area contributed by atoms with Crippen molar-refractivity contribution in [3.8, 4) is 0 Å². The molecule has 0 aromatic heterocycles. The third kappa shape index (κ3) is 1.16. The molecule has 1 saturated carbocycles. The first-order valence-electron chi connectivity index (χ1n) is 3.77. The summed E-state index contributed by atoms with van der Waals surface area (Å²) in [6.45, 7) is 0.334. The van der Waals surface area contributed by atoms with Gasteiger partial charge >= 0.3 is 0 Å². The van der Waals surface area contributed by atoms with Crippen molar-refractivity contribution >= 4 is 12.4 Å². The number of nitrogens with one attached hydrogen (secondary N) is 1. The highest BCUT2D eigenvalue weighted by Gasteiger charge is 2.38. The van der Waals surface area contributed by atoms with Crippen LogP contribution in [0.25, 0.3) is 0 Å². The smallest absolute Gasteiger partial charge is 0.0587 e. The summed E-state index contributed by atoms with van der Waals surface area (Å²) in [5, 5.41) is 12.2. The highest BCUT2D eigenvalue weighted by atomic mass is 35.5. The van der Waals surface area contributed by atoms with E-state index in [9.17, 15) is 0 Å². The van der Waals surface area contributed by atoms with Crippen LogP contribution in [0.15, 0.2) is 0 Å². The molecule has 0 spiro atoms. The van der Waals surface area contributed by atoms with Crippen LogP contribution in [0.2, 0.25) is 0 Å². The van der Waals surface area contributed by atoms with Crippen molar-refractivity contribution in [1.29, 1.82) is 0 Å². The Morgan fingerprint density at radius 2 is 2.20 bits per heavy atom. The van der Waals surface area contributed by atoms with Gasteiger partial charge in [0.25, 0.3) is 0 Å². The SMILES string of the molecule is Cl.OCC1NC2CCC1C2. The van der Waals surface area contributed by atoms with Crippen molar-refractivity contribution in [2.75, 3.05) is 6.61 Å². The number of aliphatic hydroxyl groups is 1. The van der Waals surface area contributed by atoms with Gasteiger partial charge in [-0.15, -0.1) is 12.4 Å². The monoisotopic (exact) mass is 163 g/mol. The van der Waals surface area contributed by atoms with Crippen LogP contribution in [-0.4, -0.2) is 23.8 Å². The van der Waals surface area contributed by atoms with Crippen LogP contribution >= 0.6 is 12.4 Å². The highest BCUT2D eigenvalue weighted by Crippen LogP contribution is 2.34. The summed E-state index contributed by atoms with van der Waals surface area (Å²) in [6.07, 6.45) is 3.98. The number of hydrogen-bond acceptors (Lipinski definition) is 2. The summed E-state index contributed by atoms with van der Waals surface area (Å²) in [5.74, 6) is 0.792. The van der Waals surface area contributed by atoms with Gasteiger partial charge in [-0.25, -0.2) is 0 Å². The van der Waals surface area contributed by atoms with Gasteiger partial charge in [-0.3, -0.25) is 0 Å². The van der Waals surface area contributed by atoms with Crippen molar-refractivity contribution in [2.45, 2.75) is 31.3 Å². The van der Waals surface area contributed by atoms with Crippen molar-refractivity contribution in [3.05, 3.63) is 0 Å². The summed E-state index contributed by atoms with van der Waals surface area (Å²) in [5.41, 5.74) is 0. The van der Waals surface area contributed by atoms with Crippen molar-refractivity contribution in [2.24, 2.45) is 5.92 Å². The average molecular weight is 164 g/mol. The Balaban J connectivity index is 0.000000500. The standard InChI is InChI=1S/C7H13NO.ClH/c9-4-7-5-1-2-6(3-5)8-7;/h5-9H,1-4H2;1H. The molecule has 1 heterocycles. The Hall–Kier alpha value is 0.210. The summed E-state index contributed by atoms with van der Waals surface area (Å²) in [6, 6.07) is 1.18. The van der Waals surface area contributed by atoms with Crippen LogP contribution in [-0.2, 0) is 0 Å². The molecule has 1 aliphatic carbocycles. The van der Waals surface area contributed by atoms with E-state index in [1.54, 1.807) is 0 Å². The molecule has 2 fully saturated rings. The first-order valence-corrected chi connectivity index (χ1v) is 3.77. The van der Waals surface area contributed by atoms with Gasteiger partial charge in [0, 0.05) is 12.1 Å². The summed E-state index contributed by atoms with van der Waals surface area (Å²) >= 11 is 0. The first kappa shape index (κ1) is 8.31. The summed E-state index contributed by atoms with van der Waals surface area (Å²) < 4.78 is 0. The van der Waals surface area contributed by atoms with Crippen LogP contribution in [0.5, 0.6) is 0 Å². The zero-order chi connectivity index (χ0) is 6.27. The van der Waals surface area contributed by atoms with Gasteiger partial charge in [0.15, 0.2) is 0 Å². The average Bonchev–Trinajstić information content (AvgIpc) is 2.45. The molecule has 2 nitrogen and oxygen atoms in total. The number of piperidine rings is 1. The maximum Gasteiger partial charge on any atom is 0.0587 e. The zero-order valence-electron chi connectivity index (χ0n) is 5.92. The Labute approximate surface area is 67.4 Å². The molecule has 1 aliphatic heterocycles. The molecule has 2 rings (SSSR count). The van der Waals surface area contributed by atoms with Crippen LogP contribution < -0.4 is 5.32 Å². The van der Waals surface area contributed by atoms with E-state index in [0.717, 1.165) is 12.0 Å². The van der Waals surface area contributed by atoms with E-state index >= 15 is 0 Å². The van der Waals surface area contributed by atoms with Crippen molar-refractivity contribution in [3.63, 3.8) is 0 Å². The minimum Gasteiger partial charge on any atom is -0.395 e. The Morgan fingerprint density at radius 1 is 1.40 bits per heavy atom. The third-order valence-corrected chi connectivity index (χ3v) is 2.69. The second kappa shape index (κ2) is 3.07. The minimum absolute atomic E-state index is 0. The fourth-order valence-corrected chi connectivity index (χ4v) is 2.17. The maximum atomic E-state index is 8.83. The molecule has 60 valence electrons. The number of rotatable bonds is 1. The molecule has 2 bridgehead atoms. The van der Waals surface area contributed by atoms with Gasteiger partial charge in [-0.1, -0.05) is 0 Å². The van der Waals surface area contributed by atoms with E-state index in [1.807, 2.05) is 0 Å². The molecule has 2 N–H and O–H groups in total. The van der Waals surface area contributed by atoms with E-state index in [4.69, 9.17) is 5.11 Å². The molecule has 0 radical (unpaired) electrons. The van der Waals surface area contributed by atoms with Crippen LogP contribution in [0.4, 0.5) is 0 Å². The lowest BCUT2D eigenvalue weighted by Gasteiger charge is -2.20. The number of fused-ring (bicyclic) bond motifs is 2. The van der Waals surface area contributed by atoms with E-state index in [0.29, 0.717) is 12.6 Å². The van der Waals surface area contributed by atoms with Crippen LogP contribution in [0.1, 0.15) is 19.3 Å². The van der Waals surface area contributed by atoms with E-state index in [1.165, 1.54) is 19.3 Å².